The average Bonchev–Trinajstić information content (AvgIpc) is 3.31. The zero-order chi connectivity index (χ0) is 30.1. The van der Waals surface area contributed by atoms with Gasteiger partial charge in [-0.25, -0.2) is 5.84 Å². The number of hydrazine groups is 1. The third-order valence-electron chi connectivity index (χ3n) is 8.42. The molecule has 2 aliphatic heterocycles. The number of benzene rings is 1. The van der Waals surface area contributed by atoms with Gasteiger partial charge in [-0.05, 0) is 49.8 Å². The molecular weight excluding hydrogens is 543 g/mol. The van der Waals surface area contributed by atoms with Gasteiger partial charge in [0.1, 0.15) is 12.4 Å². The molecule has 226 valence electrons. The molecule has 5 N–H and O–H groups in total. The number of amides is 2. The highest BCUT2D eigenvalue weighted by Gasteiger charge is 2.44. The van der Waals surface area contributed by atoms with Crippen LogP contribution in [0.1, 0.15) is 61.3 Å². The molecule has 1 saturated heterocycles. The number of nitrogens with two attached hydrogens (primary N) is 2. The summed E-state index contributed by atoms with van der Waals surface area (Å²) in [7, 11) is 1.03. The number of allylic oxidation sites excluding steroid dienone is 1. The zero-order valence-electron chi connectivity index (χ0n) is 23.4. The predicted molar refractivity (Wildman–Crippen MR) is 143 cm³/mol. The van der Waals surface area contributed by atoms with E-state index in [9.17, 15) is 32.7 Å². The average molecular weight is 582 g/mol. The summed E-state index contributed by atoms with van der Waals surface area (Å²) in [5.41, 5.74) is 6.37. The number of aliphatic carboxylic acids is 1. The van der Waals surface area contributed by atoms with Crippen molar-refractivity contribution in [1.82, 2.24) is 14.8 Å². The predicted octanol–water partition coefficient (Wildman–Crippen LogP) is 2.85. The molecule has 1 saturated carbocycles. The molecule has 1 aromatic carbocycles. The molecule has 41 heavy (non-hydrogen) atoms. The van der Waals surface area contributed by atoms with Gasteiger partial charge < -0.3 is 30.4 Å². The quantitative estimate of drug-likeness (QED) is 0.314. The Morgan fingerprint density at radius 1 is 1.12 bits per heavy atom. The second kappa shape index (κ2) is 12.2. The minimum Gasteiger partial charge on any atom is -0.487 e. The van der Waals surface area contributed by atoms with Crippen LogP contribution in [0.3, 0.4) is 0 Å². The van der Waals surface area contributed by atoms with Crippen molar-refractivity contribution in [2.24, 2.45) is 23.4 Å². The maximum absolute atomic E-state index is 14.0. The summed E-state index contributed by atoms with van der Waals surface area (Å²) in [5, 5.41) is 10.2. The molecule has 2 heterocycles. The van der Waals surface area contributed by atoms with E-state index in [1.165, 1.54) is 0 Å². The lowest BCUT2D eigenvalue weighted by atomic mass is 9.77. The van der Waals surface area contributed by atoms with Crippen LogP contribution in [-0.4, -0.2) is 77.2 Å². The summed E-state index contributed by atoms with van der Waals surface area (Å²) in [4.78, 5) is 42.0. The van der Waals surface area contributed by atoms with Gasteiger partial charge >= 0.3 is 12.1 Å². The molecule has 3 atom stereocenters. The highest BCUT2D eigenvalue weighted by atomic mass is 19.4. The van der Waals surface area contributed by atoms with E-state index in [2.05, 4.69) is 0 Å². The molecule has 10 nitrogen and oxygen atoms in total. The van der Waals surface area contributed by atoms with Crippen LogP contribution in [0, 0.1) is 18.8 Å². The molecule has 0 aromatic heterocycles. The van der Waals surface area contributed by atoms with Gasteiger partial charge in [-0.15, -0.1) is 0 Å². The van der Waals surface area contributed by atoms with Gasteiger partial charge in [0.25, 0.3) is 0 Å². The number of alkyl halides is 3. The van der Waals surface area contributed by atoms with Crippen LogP contribution >= 0.6 is 0 Å². The van der Waals surface area contributed by atoms with Crippen molar-refractivity contribution in [2.75, 3.05) is 33.3 Å². The number of carboxylic acid groups (broad SMARTS) is 1. The Morgan fingerprint density at radius 2 is 1.80 bits per heavy atom. The standard InChI is InChI=1S/C28H38F3N5O5/c1-16-9-10-22(41-15-20(32)25(34(2)33)28(29,30)31)24-17(16)11-13-36(21(24)14-35-12-5-8-23(35)37)26(38)18-6-3-4-7-19(18)27(39)40/h9-10,18-19,21H,3-8,11-15,32-33H2,1-2H3,(H,39,40)/b25-20-. The molecule has 3 unspecified atom stereocenters. The first-order valence-electron chi connectivity index (χ1n) is 13.9. The van der Waals surface area contributed by atoms with Crippen LogP contribution in [0.25, 0.3) is 0 Å². The number of likely N-dealkylation sites (tertiary alicyclic amines) is 1. The lowest BCUT2D eigenvalue weighted by molar-refractivity contribution is -0.154. The van der Waals surface area contributed by atoms with Crippen molar-refractivity contribution in [3.63, 3.8) is 0 Å². The Kier molecular flexibility index (Phi) is 9.05. The number of carboxylic acids is 1. The lowest BCUT2D eigenvalue weighted by Gasteiger charge is -2.43. The van der Waals surface area contributed by atoms with E-state index >= 15 is 0 Å². The van der Waals surface area contributed by atoms with E-state index < -0.39 is 48.0 Å². The fourth-order valence-corrected chi connectivity index (χ4v) is 6.45. The monoisotopic (exact) mass is 581 g/mol. The minimum atomic E-state index is -4.80. The fraction of sp³-hybridized carbons (Fsp3) is 0.607. The first kappa shape index (κ1) is 30.5. The molecule has 0 spiro atoms. The molecule has 2 fully saturated rings. The number of halogens is 3. The first-order valence-corrected chi connectivity index (χ1v) is 13.9. The third kappa shape index (κ3) is 6.39. The molecule has 3 aliphatic rings. The molecule has 1 aliphatic carbocycles. The van der Waals surface area contributed by atoms with E-state index in [4.69, 9.17) is 16.3 Å². The summed E-state index contributed by atoms with van der Waals surface area (Å²) < 4.78 is 46.6. The summed E-state index contributed by atoms with van der Waals surface area (Å²) in [6.07, 6.45) is -0.920. The first-order chi connectivity index (χ1) is 19.3. The van der Waals surface area contributed by atoms with Gasteiger partial charge in [-0.2, -0.15) is 13.2 Å². The highest BCUT2D eigenvalue weighted by Crippen LogP contribution is 2.42. The van der Waals surface area contributed by atoms with Gasteiger partial charge in [0.2, 0.25) is 11.8 Å². The number of carbonyl (C=O) groups is 3. The summed E-state index contributed by atoms with van der Waals surface area (Å²) in [5.74, 6) is 2.84. The topological polar surface area (TPSA) is 142 Å². The van der Waals surface area contributed by atoms with Crippen LogP contribution in [0.2, 0.25) is 0 Å². The van der Waals surface area contributed by atoms with Gasteiger partial charge in [-0.1, -0.05) is 18.9 Å². The van der Waals surface area contributed by atoms with Crippen molar-refractivity contribution in [3.8, 4) is 5.75 Å². The van der Waals surface area contributed by atoms with Crippen molar-refractivity contribution in [1.29, 1.82) is 0 Å². The largest absolute Gasteiger partial charge is 0.487 e. The van der Waals surface area contributed by atoms with Crippen LogP contribution in [0.15, 0.2) is 23.5 Å². The van der Waals surface area contributed by atoms with Crippen molar-refractivity contribution >= 4 is 17.8 Å². The zero-order valence-corrected chi connectivity index (χ0v) is 23.4. The molecule has 0 radical (unpaired) electrons. The van der Waals surface area contributed by atoms with Crippen LogP contribution in [0.5, 0.6) is 5.75 Å². The third-order valence-corrected chi connectivity index (χ3v) is 8.42. The van der Waals surface area contributed by atoms with Gasteiger partial charge in [0, 0.05) is 38.7 Å². The fourth-order valence-electron chi connectivity index (χ4n) is 6.45. The van der Waals surface area contributed by atoms with E-state index in [0.29, 0.717) is 55.8 Å². The number of fused-ring (bicyclic) bond motifs is 1. The summed E-state index contributed by atoms with van der Waals surface area (Å²) in [6, 6.07) is 2.77. The molecular formula is C28H38F3N5O5. The summed E-state index contributed by atoms with van der Waals surface area (Å²) >= 11 is 0. The van der Waals surface area contributed by atoms with Crippen molar-refractivity contribution in [3.05, 3.63) is 40.2 Å². The van der Waals surface area contributed by atoms with Crippen LogP contribution in [0.4, 0.5) is 13.2 Å². The second-order valence-corrected chi connectivity index (χ2v) is 11.1. The van der Waals surface area contributed by atoms with Gasteiger partial charge in [-0.3, -0.25) is 14.4 Å². The van der Waals surface area contributed by atoms with Crippen molar-refractivity contribution < 1.29 is 37.4 Å². The SMILES string of the molecule is Cc1ccc(OC/C(N)=C(/N(C)N)C(F)(F)F)c2c1CCN(C(=O)C1CCCCC1C(=O)O)C2CN1CCCC1=O. The Balaban J connectivity index is 1.74. The highest BCUT2D eigenvalue weighted by molar-refractivity contribution is 5.86. The van der Waals surface area contributed by atoms with Crippen LogP contribution in [-0.2, 0) is 20.8 Å². The van der Waals surface area contributed by atoms with Crippen molar-refractivity contribution in [2.45, 2.75) is 64.1 Å². The van der Waals surface area contributed by atoms with Crippen LogP contribution < -0.4 is 16.3 Å². The summed E-state index contributed by atoms with van der Waals surface area (Å²) in [6.45, 7) is 2.30. The lowest BCUT2D eigenvalue weighted by Crippen LogP contribution is -2.50. The normalized spacial score (nSPS) is 23.7. The Labute approximate surface area is 237 Å². The Bertz CT molecular complexity index is 1220. The second-order valence-electron chi connectivity index (χ2n) is 11.1. The molecule has 0 bridgehead atoms. The molecule has 4 rings (SSSR count). The van der Waals surface area contributed by atoms with E-state index in [1.54, 1.807) is 21.9 Å². The van der Waals surface area contributed by atoms with Gasteiger partial charge in [0.15, 0.2) is 5.70 Å². The van der Waals surface area contributed by atoms with Gasteiger partial charge in [0.05, 0.1) is 23.6 Å². The van der Waals surface area contributed by atoms with E-state index in [-0.39, 0.29) is 24.1 Å². The van der Waals surface area contributed by atoms with E-state index in [0.717, 1.165) is 31.0 Å². The molecule has 2 amide bonds. The number of hydrogen-bond acceptors (Lipinski definition) is 7. The molecule has 1 aromatic rings. The minimum absolute atomic E-state index is 0.0475. The maximum Gasteiger partial charge on any atom is 0.434 e. The Hall–Kier alpha value is -3.48. The van der Waals surface area contributed by atoms with E-state index in [1.807, 2.05) is 6.92 Å². The number of ether oxygens (including phenoxy) is 1. The number of hydrogen-bond donors (Lipinski definition) is 3. The number of nitrogens with zero attached hydrogens (tertiary/aromatic N) is 3. The maximum atomic E-state index is 14.0. The Morgan fingerprint density at radius 3 is 2.39 bits per heavy atom. The molecule has 13 heteroatoms. The number of rotatable bonds is 8. The number of carbonyl (C=O) groups excluding carboxylic acids is 2. The smallest absolute Gasteiger partial charge is 0.434 e. The number of aryl methyl sites for hydroxylation is 1.